The summed E-state index contributed by atoms with van der Waals surface area (Å²) in [4.78, 5) is 13.3. The van der Waals surface area contributed by atoms with Gasteiger partial charge in [-0.05, 0) is 26.0 Å². The molecule has 0 unspecified atom stereocenters. The van der Waals surface area contributed by atoms with Gasteiger partial charge in [-0.1, -0.05) is 6.07 Å². The minimum Gasteiger partial charge on any atom is -0.504 e. The Kier molecular flexibility index (Phi) is 3.77. The van der Waals surface area contributed by atoms with Crippen LogP contribution < -0.4 is 4.74 Å². The number of para-hydroxylation sites is 1. The first-order valence-electron chi connectivity index (χ1n) is 5.13. The van der Waals surface area contributed by atoms with Gasteiger partial charge in [0.25, 0.3) is 5.91 Å². The minimum atomic E-state index is -0.188. The predicted molar refractivity (Wildman–Crippen MR) is 61.9 cm³/mol. The van der Waals surface area contributed by atoms with Gasteiger partial charge >= 0.3 is 0 Å². The maximum atomic E-state index is 11.8. The zero-order valence-corrected chi connectivity index (χ0v) is 10.0. The average Bonchev–Trinajstić information content (AvgIpc) is 2.19. The molecule has 1 aromatic carbocycles. The summed E-state index contributed by atoms with van der Waals surface area (Å²) in [5.74, 6) is 0.0455. The lowest BCUT2D eigenvalue weighted by molar-refractivity contribution is 0.0820. The van der Waals surface area contributed by atoms with Crippen LogP contribution in [0.5, 0.6) is 11.5 Å². The summed E-state index contributed by atoms with van der Waals surface area (Å²) in [6.45, 7) is 3.69. The Balaban J connectivity index is 3.17. The number of phenolic OH excluding ortho intramolecular Hbond substituents is 1. The quantitative estimate of drug-likeness (QED) is 0.851. The Labute approximate surface area is 95.5 Å². The van der Waals surface area contributed by atoms with E-state index in [0.29, 0.717) is 5.56 Å². The highest BCUT2D eigenvalue weighted by molar-refractivity contribution is 5.97. The van der Waals surface area contributed by atoms with Crippen molar-refractivity contribution >= 4 is 5.91 Å². The minimum absolute atomic E-state index is 0.0126. The summed E-state index contributed by atoms with van der Waals surface area (Å²) in [5, 5.41) is 9.68. The monoisotopic (exact) mass is 223 g/mol. The average molecular weight is 223 g/mol. The normalized spacial score (nSPS) is 10.3. The van der Waals surface area contributed by atoms with Crippen molar-refractivity contribution in [3.05, 3.63) is 23.8 Å². The van der Waals surface area contributed by atoms with Crippen molar-refractivity contribution in [2.24, 2.45) is 0 Å². The molecule has 0 atom stereocenters. The first kappa shape index (κ1) is 12.4. The highest BCUT2D eigenvalue weighted by atomic mass is 16.5. The number of hydrogen-bond donors (Lipinski definition) is 1. The van der Waals surface area contributed by atoms with Gasteiger partial charge in [-0.2, -0.15) is 0 Å². The first-order chi connectivity index (χ1) is 7.43. The standard InChI is InChI=1S/C12H17NO3/c1-8(2)16-11-9(12(15)13(3)4)6-5-7-10(11)14/h5-8,14H,1-4H3. The summed E-state index contributed by atoms with van der Waals surface area (Å²) < 4.78 is 5.45. The van der Waals surface area contributed by atoms with Crippen molar-refractivity contribution in [3.63, 3.8) is 0 Å². The molecule has 1 amide bonds. The highest BCUT2D eigenvalue weighted by Crippen LogP contribution is 2.31. The number of benzene rings is 1. The Morgan fingerprint density at radius 3 is 2.50 bits per heavy atom. The van der Waals surface area contributed by atoms with Crippen molar-refractivity contribution in [1.82, 2.24) is 4.90 Å². The number of carbonyl (C=O) groups is 1. The van der Waals surface area contributed by atoms with Gasteiger partial charge in [0.05, 0.1) is 11.7 Å². The van der Waals surface area contributed by atoms with Crippen LogP contribution in [0.25, 0.3) is 0 Å². The van der Waals surface area contributed by atoms with E-state index in [9.17, 15) is 9.90 Å². The number of ether oxygens (including phenoxy) is 1. The van der Waals surface area contributed by atoms with Gasteiger partial charge in [0.15, 0.2) is 11.5 Å². The number of hydrogen-bond acceptors (Lipinski definition) is 3. The molecule has 16 heavy (non-hydrogen) atoms. The van der Waals surface area contributed by atoms with Gasteiger partial charge in [-0.3, -0.25) is 4.79 Å². The summed E-state index contributed by atoms with van der Waals surface area (Å²) in [5.41, 5.74) is 0.374. The lowest BCUT2D eigenvalue weighted by Gasteiger charge is -2.17. The second-order valence-electron chi connectivity index (χ2n) is 4.02. The number of rotatable bonds is 3. The number of nitrogens with zero attached hydrogens (tertiary/aromatic N) is 1. The molecule has 1 N–H and O–H groups in total. The topological polar surface area (TPSA) is 49.8 Å². The molecule has 0 aromatic heterocycles. The number of aromatic hydroxyl groups is 1. The zero-order chi connectivity index (χ0) is 12.3. The SMILES string of the molecule is CC(C)Oc1c(O)cccc1C(=O)N(C)C. The van der Waals surface area contributed by atoms with Crippen LogP contribution in [0.4, 0.5) is 0 Å². The largest absolute Gasteiger partial charge is 0.504 e. The maximum absolute atomic E-state index is 11.8. The molecule has 1 rings (SSSR count). The molecular weight excluding hydrogens is 206 g/mol. The molecule has 0 saturated heterocycles. The van der Waals surface area contributed by atoms with Crippen LogP contribution in [0.2, 0.25) is 0 Å². The lowest BCUT2D eigenvalue weighted by atomic mass is 10.1. The van der Waals surface area contributed by atoms with Gasteiger partial charge in [0, 0.05) is 14.1 Å². The molecule has 0 saturated carbocycles. The van der Waals surface area contributed by atoms with Gasteiger partial charge < -0.3 is 14.7 Å². The van der Waals surface area contributed by atoms with Crippen LogP contribution in [0, 0.1) is 0 Å². The van der Waals surface area contributed by atoms with Gasteiger partial charge in [-0.15, -0.1) is 0 Å². The van der Waals surface area contributed by atoms with E-state index in [4.69, 9.17) is 4.74 Å². The molecule has 0 heterocycles. The van der Waals surface area contributed by atoms with Gasteiger partial charge in [0.2, 0.25) is 0 Å². The van der Waals surface area contributed by atoms with E-state index in [1.165, 1.54) is 11.0 Å². The molecule has 0 spiro atoms. The smallest absolute Gasteiger partial charge is 0.257 e. The molecule has 1 aromatic rings. The van der Waals surface area contributed by atoms with Crippen molar-refractivity contribution in [2.75, 3.05) is 14.1 Å². The zero-order valence-electron chi connectivity index (χ0n) is 10.0. The third kappa shape index (κ3) is 2.66. The van der Waals surface area contributed by atoms with Crippen LogP contribution in [0.3, 0.4) is 0 Å². The van der Waals surface area contributed by atoms with E-state index < -0.39 is 0 Å². The highest BCUT2D eigenvalue weighted by Gasteiger charge is 2.18. The molecule has 0 aliphatic rings. The van der Waals surface area contributed by atoms with E-state index in [0.717, 1.165) is 0 Å². The molecule has 0 bridgehead atoms. The molecule has 0 fully saturated rings. The number of carbonyl (C=O) groups excluding carboxylic acids is 1. The van der Waals surface area contributed by atoms with E-state index >= 15 is 0 Å². The van der Waals surface area contributed by atoms with Gasteiger partial charge in [-0.25, -0.2) is 0 Å². The van der Waals surface area contributed by atoms with E-state index in [1.807, 2.05) is 13.8 Å². The van der Waals surface area contributed by atoms with Crippen LogP contribution in [0.1, 0.15) is 24.2 Å². The van der Waals surface area contributed by atoms with Crippen molar-refractivity contribution < 1.29 is 14.6 Å². The van der Waals surface area contributed by atoms with Crippen LogP contribution in [0.15, 0.2) is 18.2 Å². The molecule has 0 radical (unpaired) electrons. The molecular formula is C12H17NO3. The molecule has 88 valence electrons. The van der Waals surface area contributed by atoms with E-state index in [-0.39, 0.29) is 23.5 Å². The van der Waals surface area contributed by atoms with Crippen LogP contribution in [-0.4, -0.2) is 36.1 Å². The van der Waals surface area contributed by atoms with Crippen LogP contribution >= 0.6 is 0 Å². The summed E-state index contributed by atoms with van der Waals surface area (Å²) in [6.07, 6.45) is -0.0954. The van der Waals surface area contributed by atoms with Crippen molar-refractivity contribution in [2.45, 2.75) is 20.0 Å². The van der Waals surface area contributed by atoms with Crippen molar-refractivity contribution in [3.8, 4) is 11.5 Å². The Morgan fingerprint density at radius 1 is 1.38 bits per heavy atom. The first-order valence-corrected chi connectivity index (χ1v) is 5.13. The van der Waals surface area contributed by atoms with Crippen molar-refractivity contribution in [1.29, 1.82) is 0 Å². The molecule has 0 aliphatic heterocycles. The number of amides is 1. The molecule has 4 heteroatoms. The fourth-order valence-corrected chi connectivity index (χ4v) is 1.29. The second-order valence-corrected chi connectivity index (χ2v) is 4.02. The Bertz CT molecular complexity index is 386. The molecule has 4 nitrogen and oxygen atoms in total. The summed E-state index contributed by atoms with van der Waals surface area (Å²) in [7, 11) is 3.32. The maximum Gasteiger partial charge on any atom is 0.257 e. The Hall–Kier alpha value is -1.71. The Morgan fingerprint density at radius 2 is 2.00 bits per heavy atom. The summed E-state index contributed by atoms with van der Waals surface area (Å²) in [6, 6.07) is 4.77. The van der Waals surface area contributed by atoms with E-state index in [1.54, 1.807) is 26.2 Å². The third-order valence-corrected chi connectivity index (χ3v) is 1.98. The second kappa shape index (κ2) is 4.88. The lowest BCUT2D eigenvalue weighted by Crippen LogP contribution is -2.23. The van der Waals surface area contributed by atoms with E-state index in [2.05, 4.69) is 0 Å². The fourth-order valence-electron chi connectivity index (χ4n) is 1.29. The number of phenols is 1. The predicted octanol–water partition coefficient (Wildman–Crippen LogP) is 1.88. The van der Waals surface area contributed by atoms with Crippen LogP contribution in [-0.2, 0) is 0 Å². The summed E-state index contributed by atoms with van der Waals surface area (Å²) >= 11 is 0. The molecule has 0 aliphatic carbocycles. The van der Waals surface area contributed by atoms with Gasteiger partial charge in [0.1, 0.15) is 0 Å². The fraction of sp³-hybridized carbons (Fsp3) is 0.417. The third-order valence-electron chi connectivity index (χ3n) is 1.98.